The summed E-state index contributed by atoms with van der Waals surface area (Å²) in [4.78, 5) is 0. The second-order valence-corrected chi connectivity index (χ2v) is 11.1. The van der Waals surface area contributed by atoms with Gasteiger partial charge in [-0.3, -0.25) is 4.68 Å². The van der Waals surface area contributed by atoms with Crippen molar-refractivity contribution in [3.63, 3.8) is 0 Å². The van der Waals surface area contributed by atoms with E-state index < -0.39 is 5.54 Å². The summed E-state index contributed by atoms with van der Waals surface area (Å²) in [7, 11) is 0. The van der Waals surface area contributed by atoms with E-state index in [1.54, 1.807) is 0 Å². The van der Waals surface area contributed by atoms with Crippen molar-refractivity contribution in [2.24, 2.45) is 0 Å². The number of hydrogen-bond donors (Lipinski definition) is 0. The van der Waals surface area contributed by atoms with Crippen molar-refractivity contribution >= 4 is 5.69 Å². The average Bonchev–Trinajstić information content (AvgIpc) is 3.47. The van der Waals surface area contributed by atoms with Crippen molar-refractivity contribution in [2.75, 3.05) is 0 Å². The molecule has 0 saturated heterocycles. The molecule has 4 aromatic carbocycles. The van der Waals surface area contributed by atoms with Crippen LogP contribution in [0.1, 0.15) is 81.3 Å². The maximum absolute atomic E-state index is 5.22. The molecule has 0 N–H and O–H groups in total. The Balaban J connectivity index is 0.000000334. The first-order valence-electron chi connectivity index (χ1n) is 14.2. The number of para-hydroxylation sites is 2. The zero-order valence-electron chi connectivity index (χ0n) is 25.9. The molecule has 42 heavy (non-hydrogen) atoms. The fourth-order valence-electron chi connectivity index (χ4n) is 4.24. The molecule has 0 aliphatic heterocycles. The van der Waals surface area contributed by atoms with Gasteiger partial charge in [-0.1, -0.05) is 88.5 Å². The summed E-state index contributed by atoms with van der Waals surface area (Å²) in [5, 5.41) is 10.0. The van der Waals surface area contributed by atoms with Crippen molar-refractivity contribution in [3.8, 4) is 5.69 Å². The van der Waals surface area contributed by atoms with Gasteiger partial charge in [0.05, 0.1) is 5.69 Å². The van der Waals surface area contributed by atoms with Crippen LogP contribution in [-0.4, -0.2) is 9.78 Å². The minimum absolute atomic E-state index is 0. The van der Waals surface area contributed by atoms with Gasteiger partial charge in [0.2, 0.25) is 0 Å². The van der Waals surface area contributed by atoms with E-state index in [4.69, 9.17) is 10.4 Å². The van der Waals surface area contributed by atoms with Gasteiger partial charge in [-0.05, 0) is 23.6 Å². The van der Waals surface area contributed by atoms with Crippen LogP contribution in [-0.2, 0) is 31.7 Å². The van der Waals surface area contributed by atoms with Crippen LogP contribution in [0.15, 0.2) is 115 Å². The molecular weight excluding hydrogens is 590 g/mol. The Bertz CT molecular complexity index is 1380. The SMILES string of the molecule is CC(C)c1cccc(C(C)C)c1[N-]C(C)(C)c1ccn(-c2[c-]cccc2)n1.[CH2-]c1ccccc1.[CH2-]c1ccccc1.[Zr+3]. The Hall–Kier alpha value is -3.49. The van der Waals surface area contributed by atoms with Crippen LogP contribution in [0.4, 0.5) is 5.69 Å². The van der Waals surface area contributed by atoms with E-state index in [0.29, 0.717) is 11.8 Å². The van der Waals surface area contributed by atoms with Crippen LogP contribution in [0.25, 0.3) is 11.0 Å². The molecule has 0 aliphatic rings. The fraction of sp³-hybridized carbons (Fsp3) is 0.237. The quantitative estimate of drug-likeness (QED) is 0.171. The monoisotopic (exact) mass is 631 g/mol. The number of nitrogens with zero attached hydrogens (tertiary/aromatic N) is 3. The van der Waals surface area contributed by atoms with Crippen LogP contribution in [0.3, 0.4) is 0 Å². The van der Waals surface area contributed by atoms with Crippen molar-refractivity contribution in [1.29, 1.82) is 0 Å². The van der Waals surface area contributed by atoms with Crippen molar-refractivity contribution in [1.82, 2.24) is 9.78 Å². The summed E-state index contributed by atoms with van der Waals surface area (Å²) in [6.07, 6.45) is 1.98. The molecule has 0 unspecified atom stereocenters. The van der Waals surface area contributed by atoms with Crippen LogP contribution in [0, 0.1) is 19.9 Å². The second kappa shape index (κ2) is 16.8. The van der Waals surface area contributed by atoms with Gasteiger partial charge in [-0.15, -0.1) is 36.0 Å². The van der Waals surface area contributed by atoms with Gasteiger partial charge in [0, 0.05) is 6.20 Å². The molecule has 1 aromatic heterocycles. The minimum atomic E-state index is -0.422. The molecule has 0 spiro atoms. The van der Waals surface area contributed by atoms with Gasteiger partial charge >= 0.3 is 26.2 Å². The zero-order valence-corrected chi connectivity index (χ0v) is 28.3. The van der Waals surface area contributed by atoms with Crippen molar-refractivity contribution in [3.05, 3.63) is 169 Å². The van der Waals surface area contributed by atoms with E-state index in [1.807, 2.05) is 95.8 Å². The largest absolute Gasteiger partial charge is 3.00 e. The molecule has 0 fully saturated rings. The Labute approximate surface area is 273 Å². The third kappa shape index (κ3) is 10.4. The predicted molar refractivity (Wildman–Crippen MR) is 175 cm³/mol. The Morgan fingerprint density at radius 2 is 1.19 bits per heavy atom. The van der Waals surface area contributed by atoms with E-state index in [9.17, 15) is 0 Å². The minimum Gasteiger partial charge on any atom is -0.674 e. The number of benzene rings is 4. The third-order valence-electron chi connectivity index (χ3n) is 6.57. The Morgan fingerprint density at radius 1 is 0.690 bits per heavy atom. The normalized spacial score (nSPS) is 10.6. The van der Waals surface area contributed by atoms with Gasteiger partial charge in [-0.2, -0.15) is 78.6 Å². The van der Waals surface area contributed by atoms with Crippen molar-refractivity contribution in [2.45, 2.75) is 58.9 Å². The molecule has 0 bridgehead atoms. The summed E-state index contributed by atoms with van der Waals surface area (Å²) in [5.74, 6) is 0.851. The van der Waals surface area contributed by atoms with E-state index in [2.05, 4.69) is 85.7 Å². The van der Waals surface area contributed by atoms with Gasteiger partial charge in [0.1, 0.15) is 0 Å². The van der Waals surface area contributed by atoms with E-state index in [0.717, 1.165) is 28.2 Å². The number of hydrogen-bond acceptors (Lipinski definition) is 1. The third-order valence-corrected chi connectivity index (χ3v) is 6.57. The Morgan fingerprint density at radius 3 is 1.60 bits per heavy atom. The molecule has 0 aliphatic carbocycles. The van der Waals surface area contributed by atoms with Crippen LogP contribution in [0.5, 0.6) is 0 Å². The first-order valence-corrected chi connectivity index (χ1v) is 14.2. The number of rotatable bonds is 6. The summed E-state index contributed by atoms with van der Waals surface area (Å²) < 4.78 is 1.87. The predicted octanol–water partition coefficient (Wildman–Crippen LogP) is 10.6. The molecule has 4 heteroatoms. The molecule has 0 amide bonds. The van der Waals surface area contributed by atoms with Crippen LogP contribution < -0.4 is 0 Å². The topological polar surface area (TPSA) is 31.9 Å². The molecule has 1 heterocycles. The average molecular weight is 633 g/mol. The summed E-state index contributed by atoms with van der Waals surface area (Å²) in [6.45, 7) is 20.6. The molecule has 3 nitrogen and oxygen atoms in total. The maximum Gasteiger partial charge on any atom is 3.00 e. The smallest absolute Gasteiger partial charge is 0.674 e. The second-order valence-electron chi connectivity index (χ2n) is 11.1. The summed E-state index contributed by atoms with van der Waals surface area (Å²) in [5.41, 5.74) is 7.32. The van der Waals surface area contributed by atoms with Gasteiger partial charge in [0.15, 0.2) is 0 Å². The standard InChI is InChI=1S/C24H29N3.2C7H7.Zr/c1-17(2)20-13-10-14-21(18(3)4)23(20)25-24(5,6)22-15-16-27(26-22)19-11-8-7-9-12-19;2*1-7-5-3-2-4-6-7;/h7-11,13-18H,1-6H3;2*2-6H,1H2;/q-2;2*-1;+3. The van der Waals surface area contributed by atoms with Gasteiger partial charge < -0.3 is 5.32 Å². The maximum atomic E-state index is 5.22. The van der Waals surface area contributed by atoms with E-state index in [-0.39, 0.29) is 26.2 Å². The Kier molecular flexibility index (Phi) is 13.9. The molecule has 1 radical (unpaired) electrons. The first kappa shape index (κ1) is 34.7. The first-order chi connectivity index (χ1) is 19.6. The molecule has 215 valence electrons. The van der Waals surface area contributed by atoms with Crippen molar-refractivity contribution < 1.29 is 26.2 Å². The fourth-order valence-corrected chi connectivity index (χ4v) is 4.24. The van der Waals surface area contributed by atoms with Crippen LogP contribution >= 0.6 is 0 Å². The summed E-state index contributed by atoms with van der Waals surface area (Å²) in [6, 6.07) is 39.4. The molecule has 0 saturated carbocycles. The summed E-state index contributed by atoms with van der Waals surface area (Å²) >= 11 is 0. The molecule has 5 aromatic rings. The number of aromatic nitrogens is 2. The molecule has 0 atom stereocenters. The van der Waals surface area contributed by atoms with E-state index in [1.165, 1.54) is 11.1 Å². The molecule has 5 rings (SSSR count). The van der Waals surface area contributed by atoms with Gasteiger partial charge in [0.25, 0.3) is 0 Å². The zero-order chi connectivity index (χ0) is 29.8. The van der Waals surface area contributed by atoms with Gasteiger partial charge in [-0.25, -0.2) is 0 Å². The van der Waals surface area contributed by atoms with Crippen LogP contribution in [0.2, 0.25) is 0 Å². The molecular formula is C38H43N3Zr-. The van der Waals surface area contributed by atoms with E-state index >= 15 is 0 Å².